The van der Waals surface area contributed by atoms with Crippen molar-refractivity contribution in [1.82, 2.24) is 0 Å². The molecule has 1 atom stereocenters. The molecule has 1 nitrogen and oxygen atoms in total. The van der Waals surface area contributed by atoms with Gasteiger partial charge in [-0.1, -0.05) is 18.2 Å². The molecule has 0 spiro atoms. The van der Waals surface area contributed by atoms with E-state index in [2.05, 4.69) is 0 Å². The maximum Gasteiger partial charge on any atom is 0.131 e. The Morgan fingerprint density at radius 2 is 2.23 bits per heavy atom. The fourth-order valence-electron chi connectivity index (χ4n) is 1.80. The molecule has 0 aromatic heterocycles. The van der Waals surface area contributed by atoms with Crippen LogP contribution in [0.5, 0.6) is 0 Å². The first kappa shape index (κ1) is 8.45. The Balaban J connectivity index is 2.54. The molecule has 0 saturated carbocycles. The topological polar surface area (TPSA) is 26.0 Å². The Morgan fingerprint density at radius 3 is 2.92 bits per heavy atom. The van der Waals surface area contributed by atoms with Crippen LogP contribution in [0.2, 0.25) is 0 Å². The molecule has 1 aromatic carbocycles. The van der Waals surface area contributed by atoms with Gasteiger partial charge in [0.25, 0.3) is 0 Å². The van der Waals surface area contributed by atoms with E-state index in [1.165, 1.54) is 6.07 Å². The minimum Gasteiger partial charge on any atom is -0.324 e. The molecule has 0 amide bonds. The van der Waals surface area contributed by atoms with Gasteiger partial charge in [-0.2, -0.15) is 0 Å². The summed E-state index contributed by atoms with van der Waals surface area (Å²) in [6.07, 6.45) is 2.82. The highest BCUT2D eigenvalue weighted by molar-refractivity contribution is 5.76. The summed E-state index contributed by atoms with van der Waals surface area (Å²) >= 11 is 0. The van der Waals surface area contributed by atoms with Gasteiger partial charge in [-0.25, -0.2) is 4.39 Å². The number of hydrogen-bond acceptors (Lipinski definition) is 1. The number of halogens is 1. The highest BCUT2D eigenvalue weighted by atomic mass is 19.1. The molecule has 1 unspecified atom stereocenters. The molecule has 0 saturated heterocycles. The second kappa shape index (κ2) is 2.96. The third-order valence-corrected chi connectivity index (χ3v) is 2.42. The van der Waals surface area contributed by atoms with Crippen molar-refractivity contribution in [3.63, 3.8) is 0 Å². The van der Waals surface area contributed by atoms with Gasteiger partial charge in [0.2, 0.25) is 0 Å². The summed E-state index contributed by atoms with van der Waals surface area (Å²) < 4.78 is 13.4. The van der Waals surface area contributed by atoms with E-state index in [9.17, 15) is 4.39 Å². The SMILES string of the molecule is CC(N)C1=CCc2cccc(F)c21. The van der Waals surface area contributed by atoms with E-state index in [1.807, 2.05) is 19.1 Å². The first-order valence-electron chi connectivity index (χ1n) is 4.43. The molecular formula is C11H12FN. The van der Waals surface area contributed by atoms with Crippen LogP contribution in [0.3, 0.4) is 0 Å². The zero-order chi connectivity index (χ0) is 9.42. The molecule has 0 fully saturated rings. The van der Waals surface area contributed by atoms with Crippen molar-refractivity contribution in [2.75, 3.05) is 0 Å². The van der Waals surface area contributed by atoms with Gasteiger partial charge in [-0.15, -0.1) is 0 Å². The van der Waals surface area contributed by atoms with Crippen LogP contribution in [0.15, 0.2) is 24.3 Å². The largest absolute Gasteiger partial charge is 0.324 e. The quantitative estimate of drug-likeness (QED) is 0.698. The minimum atomic E-state index is -0.154. The van der Waals surface area contributed by atoms with E-state index in [0.29, 0.717) is 0 Å². The van der Waals surface area contributed by atoms with Crippen LogP contribution in [0.25, 0.3) is 5.57 Å². The van der Waals surface area contributed by atoms with Crippen molar-refractivity contribution < 1.29 is 4.39 Å². The first-order chi connectivity index (χ1) is 6.20. The lowest BCUT2D eigenvalue weighted by Crippen LogP contribution is -2.16. The molecule has 13 heavy (non-hydrogen) atoms. The number of hydrogen-bond donors (Lipinski definition) is 1. The third kappa shape index (κ3) is 1.27. The molecule has 2 N–H and O–H groups in total. The third-order valence-electron chi connectivity index (χ3n) is 2.42. The Bertz CT molecular complexity index is 366. The van der Waals surface area contributed by atoms with Gasteiger partial charge >= 0.3 is 0 Å². The lowest BCUT2D eigenvalue weighted by atomic mass is 10.0. The van der Waals surface area contributed by atoms with Gasteiger partial charge in [0.1, 0.15) is 5.82 Å². The van der Waals surface area contributed by atoms with Crippen molar-refractivity contribution >= 4 is 5.57 Å². The molecule has 68 valence electrons. The standard InChI is InChI=1S/C11H12FN/c1-7(13)9-6-5-8-3-2-4-10(12)11(8)9/h2-4,6-7H,5,13H2,1H3. The number of benzene rings is 1. The molecule has 2 heteroatoms. The van der Waals surface area contributed by atoms with Crippen molar-refractivity contribution in [3.05, 3.63) is 41.2 Å². The Labute approximate surface area is 77.1 Å². The summed E-state index contributed by atoms with van der Waals surface area (Å²) in [4.78, 5) is 0. The van der Waals surface area contributed by atoms with E-state index in [0.717, 1.165) is 23.1 Å². The zero-order valence-electron chi connectivity index (χ0n) is 7.55. The fraction of sp³-hybridized carbons (Fsp3) is 0.273. The molecule has 0 heterocycles. The highest BCUT2D eigenvalue weighted by Gasteiger charge is 2.19. The number of fused-ring (bicyclic) bond motifs is 1. The molecule has 2 rings (SSSR count). The summed E-state index contributed by atoms with van der Waals surface area (Å²) in [5.74, 6) is -0.154. The summed E-state index contributed by atoms with van der Waals surface area (Å²) in [6, 6.07) is 5.09. The number of rotatable bonds is 1. The van der Waals surface area contributed by atoms with Crippen molar-refractivity contribution in [2.45, 2.75) is 19.4 Å². The second-order valence-electron chi connectivity index (χ2n) is 3.43. The van der Waals surface area contributed by atoms with Gasteiger partial charge in [0.05, 0.1) is 0 Å². The van der Waals surface area contributed by atoms with Crippen molar-refractivity contribution in [3.8, 4) is 0 Å². The molecular weight excluding hydrogens is 165 g/mol. The average molecular weight is 177 g/mol. The van der Waals surface area contributed by atoms with Crippen LogP contribution < -0.4 is 5.73 Å². The molecule has 1 aliphatic rings. The predicted octanol–water partition coefficient (Wildman–Crippen LogP) is 2.11. The van der Waals surface area contributed by atoms with Crippen molar-refractivity contribution in [2.24, 2.45) is 5.73 Å². The maximum atomic E-state index is 13.4. The van der Waals surface area contributed by atoms with Crippen molar-refractivity contribution in [1.29, 1.82) is 0 Å². The molecule has 1 aromatic rings. The van der Waals surface area contributed by atoms with Gasteiger partial charge in [0.15, 0.2) is 0 Å². The van der Waals surface area contributed by atoms with E-state index in [4.69, 9.17) is 5.73 Å². The molecule has 0 radical (unpaired) electrons. The molecule has 0 bridgehead atoms. The fourth-order valence-corrected chi connectivity index (χ4v) is 1.80. The Morgan fingerprint density at radius 1 is 1.46 bits per heavy atom. The van der Waals surface area contributed by atoms with Crippen LogP contribution >= 0.6 is 0 Å². The van der Waals surface area contributed by atoms with E-state index in [-0.39, 0.29) is 11.9 Å². The van der Waals surface area contributed by atoms with Crippen LogP contribution in [0.4, 0.5) is 4.39 Å². The predicted molar refractivity (Wildman–Crippen MR) is 51.7 cm³/mol. The van der Waals surface area contributed by atoms with E-state index < -0.39 is 0 Å². The summed E-state index contributed by atoms with van der Waals surface area (Å²) in [7, 11) is 0. The van der Waals surface area contributed by atoms with E-state index in [1.54, 1.807) is 6.07 Å². The van der Waals surface area contributed by atoms with E-state index >= 15 is 0 Å². The van der Waals surface area contributed by atoms with Crippen LogP contribution in [0, 0.1) is 5.82 Å². The summed E-state index contributed by atoms with van der Waals surface area (Å²) in [6.45, 7) is 1.88. The van der Waals surface area contributed by atoms with Gasteiger partial charge in [-0.05, 0) is 30.5 Å². The van der Waals surface area contributed by atoms with Gasteiger partial charge in [-0.3, -0.25) is 0 Å². The summed E-state index contributed by atoms with van der Waals surface area (Å²) in [5, 5.41) is 0. The lowest BCUT2D eigenvalue weighted by Gasteiger charge is -2.09. The van der Waals surface area contributed by atoms with Crippen LogP contribution in [-0.2, 0) is 6.42 Å². The van der Waals surface area contributed by atoms with Crippen LogP contribution in [0.1, 0.15) is 18.1 Å². The average Bonchev–Trinajstić information content (AvgIpc) is 2.49. The lowest BCUT2D eigenvalue weighted by molar-refractivity contribution is 0.621. The van der Waals surface area contributed by atoms with Crippen LogP contribution in [-0.4, -0.2) is 6.04 Å². The zero-order valence-corrected chi connectivity index (χ0v) is 7.55. The number of allylic oxidation sites excluding steroid dienone is 1. The van der Waals surface area contributed by atoms with Gasteiger partial charge < -0.3 is 5.73 Å². The molecule has 0 aliphatic heterocycles. The second-order valence-corrected chi connectivity index (χ2v) is 3.43. The normalized spacial score (nSPS) is 16.7. The minimum absolute atomic E-state index is 0.0850. The maximum absolute atomic E-state index is 13.4. The smallest absolute Gasteiger partial charge is 0.131 e. The number of nitrogens with two attached hydrogens (primary N) is 1. The highest BCUT2D eigenvalue weighted by Crippen LogP contribution is 2.30. The monoisotopic (exact) mass is 177 g/mol. The Kier molecular flexibility index (Phi) is 1.93. The first-order valence-corrected chi connectivity index (χ1v) is 4.43. The van der Waals surface area contributed by atoms with Gasteiger partial charge in [0, 0.05) is 11.6 Å². The summed E-state index contributed by atoms with van der Waals surface area (Å²) in [5.41, 5.74) is 8.45. The molecule has 1 aliphatic carbocycles. The Hall–Kier alpha value is -1.15.